The van der Waals surface area contributed by atoms with Gasteiger partial charge >= 0.3 is 0 Å². The molecule has 6 nitrogen and oxygen atoms in total. The first-order valence-corrected chi connectivity index (χ1v) is 27.5. The third-order valence-electron chi connectivity index (χ3n) is 17.2. The molecule has 18 rings (SSSR count). The molecule has 0 spiro atoms. The van der Waals surface area contributed by atoms with Gasteiger partial charge in [0.15, 0.2) is 0 Å². The van der Waals surface area contributed by atoms with Gasteiger partial charge in [-0.2, -0.15) is 0 Å². The van der Waals surface area contributed by atoms with Gasteiger partial charge in [-0.1, -0.05) is 194 Å². The first-order chi connectivity index (χ1) is 39.7. The minimum absolute atomic E-state index is 0.185. The van der Waals surface area contributed by atoms with Crippen LogP contribution in [0.1, 0.15) is 0 Å². The Morgan fingerprint density at radius 2 is 0.800 bits per heavy atom. The minimum Gasteiger partial charge on any atom is -0.458 e. The van der Waals surface area contributed by atoms with E-state index in [1.165, 1.54) is 21.9 Å². The fourth-order valence-electron chi connectivity index (χ4n) is 14.1. The molecule has 80 heavy (non-hydrogen) atoms. The van der Waals surface area contributed by atoms with E-state index >= 15 is 0 Å². The fourth-order valence-corrected chi connectivity index (χ4v) is 14.1. The molecule has 0 fully saturated rings. The lowest BCUT2D eigenvalue weighted by molar-refractivity contribution is 0.493. The molecule has 4 aliphatic heterocycles. The summed E-state index contributed by atoms with van der Waals surface area (Å²) >= 11 is 0. The van der Waals surface area contributed by atoms with Crippen LogP contribution in [0.5, 0.6) is 11.5 Å². The van der Waals surface area contributed by atoms with Gasteiger partial charge in [0.25, 0.3) is 13.4 Å². The number of rotatable bonds is 5. The lowest BCUT2D eigenvalue weighted by Gasteiger charge is -2.46. The van der Waals surface area contributed by atoms with Crippen molar-refractivity contribution in [1.29, 1.82) is 0 Å². The third-order valence-corrected chi connectivity index (χ3v) is 17.2. The van der Waals surface area contributed by atoms with Crippen LogP contribution in [-0.4, -0.2) is 13.4 Å². The maximum atomic E-state index is 7.39. The summed E-state index contributed by atoms with van der Waals surface area (Å²) in [5.41, 5.74) is 24.6. The fraction of sp³-hybridized carbons (Fsp3) is 0. The Hall–Kier alpha value is -10.4. The molecule has 0 bridgehead atoms. The summed E-state index contributed by atoms with van der Waals surface area (Å²) in [6, 6.07) is 94.5. The summed E-state index contributed by atoms with van der Waals surface area (Å²) in [5, 5.41) is 4.19. The van der Waals surface area contributed by atoms with E-state index in [4.69, 9.17) is 13.6 Å². The predicted octanol–water partition coefficient (Wildman–Crippen LogP) is 15.3. The van der Waals surface area contributed by atoms with E-state index in [0.717, 1.165) is 140 Å². The highest BCUT2D eigenvalue weighted by Crippen LogP contribution is 2.54. The number of anilines is 9. The highest BCUT2D eigenvalue weighted by Gasteiger charge is 2.49. The van der Waals surface area contributed by atoms with E-state index in [2.05, 4.69) is 269 Å². The van der Waals surface area contributed by atoms with E-state index in [9.17, 15) is 0 Å². The number of para-hydroxylation sites is 7. The van der Waals surface area contributed by atoms with Crippen LogP contribution in [-0.2, 0) is 0 Å². The van der Waals surface area contributed by atoms with E-state index in [1.807, 2.05) is 6.07 Å². The first-order valence-electron chi connectivity index (χ1n) is 27.5. The molecule has 0 amide bonds. The molecular weight excluding hydrogens is 976 g/mol. The number of hydrogen-bond donors (Lipinski definition) is 0. The van der Waals surface area contributed by atoms with Gasteiger partial charge in [0.1, 0.15) is 33.8 Å². The van der Waals surface area contributed by atoms with Gasteiger partial charge < -0.3 is 28.3 Å². The van der Waals surface area contributed by atoms with Crippen molar-refractivity contribution >= 4 is 141 Å². The van der Waals surface area contributed by atoms with Gasteiger partial charge in [0, 0.05) is 73.8 Å². The second-order valence-electron chi connectivity index (χ2n) is 21.4. The van der Waals surface area contributed by atoms with Crippen LogP contribution in [0.4, 0.5) is 51.2 Å². The first kappa shape index (κ1) is 43.6. The van der Waals surface area contributed by atoms with Crippen molar-refractivity contribution < 1.29 is 13.6 Å². The molecule has 0 unspecified atom stereocenters. The summed E-state index contributed by atoms with van der Waals surface area (Å²) in [6.07, 6.45) is 0. The van der Waals surface area contributed by atoms with E-state index in [1.54, 1.807) is 0 Å². The third kappa shape index (κ3) is 5.99. The van der Waals surface area contributed by atoms with Crippen LogP contribution < -0.4 is 52.2 Å². The largest absolute Gasteiger partial charge is 0.458 e. The van der Waals surface area contributed by atoms with Crippen LogP contribution in [0.15, 0.2) is 270 Å². The zero-order chi connectivity index (χ0) is 52.2. The molecule has 2 aromatic heterocycles. The lowest BCUT2D eigenvalue weighted by atomic mass is 9.30. The summed E-state index contributed by atoms with van der Waals surface area (Å²) in [7, 11) is 0. The smallest absolute Gasteiger partial charge is 0.256 e. The maximum Gasteiger partial charge on any atom is 0.256 e. The van der Waals surface area contributed by atoms with E-state index in [-0.39, 0.29) is 13.4 Å². The average Bonchev–Trinajstić information content (AvgIpc) is 4.19. The SMILES string of the molecule is c1ccc(-c2cccc(-c3ccccc3)c2N2c3cc4c(cc3B3c5ccccc5Oc5c3c2cc2oc3ccccc3c52)B2c3ccccc3N(c3ccccc3)c3c2c(cc2oc5ccccc5c32)N4c2ccccc2)cc1. The second kappa shape index (κ2) is 16.5. The zero-order valence-corrected chi connectivity index (χ0v) is 43.0. The van der Waals surface area contributed by atoms with E-state index in [0.29, 0.717) is 0 Å². The number of ether oxygens (including phenoxy) is 1. The average molecular weight is 1020 g/mol. The topological polar surface area (TPSA) is 45.2 Å². The second-order valence-corrected chi connectivity index (χ2v) is 21.4. The minimum atomic E-state index is -0.227. The van der Waals surface area contributed by atoms with Crippen molar-refractivity contribution in [2.45, 2.75) is 0 Å². The van der Waals surface area contributed by atoms with Crippen molar-refractivity contribution in [3.8, 4) is 33.8 Å². The van der Waals surface area contributed by atoms with Crippen molar-refractivity contribution in [1.82, 2.24) is 0 Å². The number of nitrogens with zero attached hydrogens (tertiary/aromatic N) is 3. The molecule has 14 aromatic rings. The van der Waals surface area contributed by atoms with Gasteiger partial charge in [-0.05, 0) is 98.5 Å². The quantitative estimate of drug-likeness (QED) is 0.160. The molecule has 12 aromatic carbocycles. The number of benzene rings is 12. The zero-order valence-electron chi connectivity index (χ0n) is 43.0. The van der Waals surface area contributed by atoms with Crippen LogP contribution in [0.3, 0.4) is 0 Å². The van der Waals surface area contributed by atoms with Gasteiger partial charge in [0.2, 0.25) is 0 Å². The van der Waals surface area contributed by atoms with Crippen molar-refractivity contribution in [2.24, 2.45) is 0 Å². The Labute approximate surface area is 461 Å². The monoisotopic (exact) mass is 1020 g/mol. The van der Waals surface area contributed by atoms with Crippen LogP contribution in [0, 0.1) is 0 Å². The van der Waals surface area contributed by atoms with Crippen molar-refractivity contribution in [3.63, 3.8) is 0 Å². The molecule has 370 valence electrons. The Kier molecular flexibility index (Phi) is 9.03. The summed E-state index contributed by atoms with van der Waals surface area (Å²) in [6.45, 7) is -0.412. The van der Waals surface area contributed by atoms with Gasteiger partial charge in [-0.15, -0.1) is 0 Å². The van der Waals surface area contributed by atoms with E-state index < -0.39 is 0 Å². The molecule has 0 radical (unpaired) electrons. The molecular formula is C72H43B2N3O3. The molecule has 4 aliphatic rings. The highest BCUT2D eigenvalue weighted by atomic mass is 16.5. The van der Waals surface area contributed by atoms with Gasteiger partial charge in [-0.25, -0.2) is 0 Å². The maximum absolute atomic E-state index is 7.39. The highest BCUT2D eigenvalue weighted by molar-refractivity contribution is 7.03. The number of hydrogen-bond acceptors (Lipinski definition) is 6. The molecule has 0 aliphatic carbocycles. The Balaban J connectivity index is 1.03. The Morgan fingerprint density at radius 3 is 1.46 bits per heavy atom. The summed E-state index contributed by atoms with van der Waals surface area (Å²) < 4.78 is 21.4. The molecule has 6 heterocycles. The molecule has 8 heteroatoms. The lowest BCUT2D eigenvalue weighted by Crippen LogP contribution is -2.64. The van der Waals surface area contributed by atoms with Gasteiger partial charge in [0.05, 0.1) is 22.1 Å². The van der Waals surface area contributed by atoms with Gasteiger partial charge in [-0.3, -0.25) is 0 Å². The number of fused-ring (bicyclic) bond motifs is 16. The van der Waals surface area contributed by atoms with Crippen molar-refractivity contribution in [3.05, 3.63) is 261 Å². The standard InChI is InChI=1S/C72H43B2N3O3/c1-5-22-44(23-6-1)48-32-21-33-49(45-24-7-2-8-25-45)70(48)77-58-41-57-54(40-55(58)74-53-35-16-20-39-63(53)80-72-67-51-31-14-19-38-62(51)79-65(67)43-60(77)69(72)74)73-52-34-15-17-36-56(52)76(47-28-11-4-12-29-47)71-66-50-30-13-18-37-61(50)78-64(66)42-59(68(71)73)75(57)46-26-9-3-10-27-46/h1-43H. The van der Waals surface area contributed by atoms with Crippen LogP contribution >= 0.6 is 0 Å². The van der Waals surface area contributed by atoms with Crippen LogP contribution in [0.25, 0.3) is 66.1 Å². The predicted molar refractivity (Wildman–Crippen MR) is 332 cm³/mol. The van der Waals surface area contributed by atoms with Crippen LogP contribution in [0.2, 0.25) is 0 Å². The Bertz CT molecular complexity index is 4850. The molecule has 0 saturated carbocycles. The molecule has 0 saturated heterocycles. The molecule has 0 N–H and O–H groups in total. The van der Waals surface area contributed by atoms with Crippen molar-refractivity contribution in [2.75, 3.05) is 14.7 Å². The number of furan rings is 2. The summed E-state index contributed by atoms with van der Waals surface area (Å²) in [4.78, 5) is 7.56. The summed E-state index contributed by atoms with van der Waals surface area (Å²) in [5.74, 6) is 1.67. The molecule has 0 atom stereocenters. The normalized spacial score (nSPS) is 13.5. The Morgan fingerprint density at radius 1 is 0.300 bits per heavy atom.